The average Bonchev–Trinajstić information content (AvgIpc) is 2.65. The van der Waals surface area contributed by atoms with E-state index in [-0.39, 0.29) is 29.6 Å². The minimum atomic E-state index is -0.290. The van der Waals surface area contributed by atoms with E-state index in [2.05, 4.69) is 48.5 Å². The molecule has 0 radical (unpaired) electrons. The molecule has 1 aliphatic rings. The van der Waals surface area contributed by atoms with Crippen molar-refractivity contribution in [3.05, 3.63) is 0 Å². The molecule has 1 heterocycles. The molecule has 2 amide bonds. The molecule has 6 nitrogen and oxygen atoms in total. The lowest BCUT2D eigenvalue weighted by Crippen LogP contribution is -2.48. The van der Waals surface area contributed by atoms with Crippen LogP contribution in [0.3, 0.4) is 0 Å². The standard InChI is InChI=1S/C20H40N4O2/c1-6-16(4)20(5,7-2)17(19(26)22-8-3)15-18(25)23-11-14-24-12-9-21-10-13-24/h16-17,21H,6-15H2,1-5H3,(H,22,26)(H,23,25). The van der Waals surface area contributed by atoms with Crippen LogP contribution < -0.4 is 16.0 Å². The number of hydrogen-bond acceptors (Lipinski definition) is 4. The van der Waals surface area contributed by atoms with Crippen molar-refractivity contribution in [2.24, 2.45) is 17.3 Å². The number of carbonyl (C=O) groups is 2. The fourth-order valence-electron chi connectivity index (χ4n) is 3.87. The van der Waals surface area contributed by atoms with E-state index in [4.69, 9.17) is 0 Å². The van der Waals surface area contributed by atoms with Crippen LogP contribution in [0.2, 0.25) is 0 Å². The summed E-state index contributed by atoms with van der Waals surface area (Å²) in [5.41, 5.74) is -0.177. The number of hydrogen-bond donors (Lipinski definition) is 3. The normalized spacial score (nSPS) is 20.0. The predicted molar refractivity (Wildman–Crippen MR) is 107 cm³/mol. The Labute approximate surface area is 159 Å². The third-order valence-electron chi connectivity index (χ3n) is 6.31. The molecule has 0 saturated carbocycles. The third-order valence-corrected chi connectivity index (χ3v) is 6.31. The lowest BCUT2D eigenvalue weighted by atomic mass is 9.64. The van der Waals surface area contributed by atoms with Crippen LogP contribution in [0.5, 0.6) is 0 Å². The van der Waals surface area contributed by atoms with Crippen molar-refractivity contribution < 1.29 is 9.59 Å². The van der Waals surface area contributed by atoms with E-state index in [0.717, 1.165) is 45.6 Å². The number of nitrogens with zero attached hydrogens (tertiary/aromatic N) is 1. The molecular formula is C20H40N4O2. The Morgan fingerprint density at radius 1 is 1.15 bits per heavy atom. The van der Waals surface area contributed by atoms with Crippen molar-refractivity contribution in [2.45, 2.75) is 53.9 Å². The maximum Gasteiger partial charge on any atom is 0.224 e. The largest absolute Gasteiger partial charge is 0.356 e. The number of nitrogens with one attached hydrogen (secondary N) is 3. The van der Waals surface area contributed by atoms with E-state index < -0.39 is 0 Å². The summed E-state index contributed by atoms with van der Waals surface area (Å²) in [6.45, 7) is 16.7. The summed E-state index contributed by atoms with van der Waals surface area (Å²) in [7, 11) is 0. The summed E-state index contributed by atoms with van der Waals surface area (Å²) in [5.74, 6) is 0.0871. The smallest absolute Gasteiger partial charge is 0.224 e. The summed E-state index contributed by atoms with van der Waals surface area (Å²) < 4.78 is 0. The first-order chi connectivity index (χ1) is 12.4. The maximum absolute atomic E-state index is 12.7. The van der Waals surface area contributed by atoms with E-state index in [1.54, 1.807) is 0 Å². The number of carbonyl (C=O) groups excluding carboxylic acids is 2. The summed E-state index contributed by atoms with van der Waals surface area (Å²) in [4.78, 5) is 27.6. The van der Waals surface area contributed by atoms with Gasteiger partial charge in [0.05, 0.1) is 5.92 Å². The van der Waals surface area contributed by atoms with Crippen LogP contribution >= 0.6 is 0 Å². The molecular weight excluding hydrogens is 328 g/mol. The van der Waals surface area contributed by atoms with Crippen LogP contribution in [-0.2, 0) is 9.59 Å². The van der Waals surface area contributed by atoms with Gasteiger partial charge in [0, 0.05) is 52.2 Å². The van der Waals surface area contributed by atoms with E-state index in [1.165, 1.54) is 0 Å². The van der Waals surface area contributed by atoms with Gasteiger partial charge in [0.25, 0.3) is 0 Å². The Morgan fingerprint density at radius 2 is 1.81 bits per heavy atom. The molecule has 0 aromatic carbocycles. The first-order valence-electron chi connectivity index (χ1n) is 10.4. The van der Waals surface area contributed by atoms with Gasteiger partial charge in [-0.05, 0) is 24.7 Å². The fraction of sp³-hybridized carbons (Fsp3) is 0.900. The quantitative estimate of drug-likeness (QED) is 0.518. The Bertz CT molecular complexity index is 438. The summed E-state index contributed by atoms with van der Waals surface area (Å²) in [6.07, 6.45) is 2.16. The molecule has 3 atom stereocenters. The summed E-state index contributed by atoms with van der Waals surface area (Å²) in [6, 6.07) is 0. The molecule has 26 heavy (non-hydrogen) atoms. The highest BCUT2D eigenvalue weighted by Crippen LogP contribution is 2.42. The van der Waals surface area contributed by atoms with Gasteiger partial charge < -0.3 is 16.0 Å². The van der Waals surface area contributed by atoms with Crippen LogP contribution in [0.4, 0.5) is 0 Å². The van der Waals surface area contributed by atoms with Crippen molar-refractivity contribution in [1.29, 1.82) is 0 Å². The number of piperazine rings is 1. The van der Waals surface area contributed by atoms with E-state index in [0.29, 0.717) is 19.0 Å². The first-order valence-corrected chi connectivity index (χ1v) is 10.4. The third kappa shape index (κ3) is 6.54. The van der Waals surface area contributed by atoms with Crippen molar-refractivity contribution in [1.82, 2.24) is 20.9 Å². The highest BCUT2D eigenvalue weighted by molar-refractivity contribution is 5.86. The molecule has 6 heteroatoms. The average molecular weight is 369 g/mol. The molecule has 3 unspecified atom stereocenters. The highest BCUT2D eigenvalue weighted by Gasteiger charge is 2.42. The van der Waals surface area contributed by atoms with Crippen LogP contribution in [0.1, 0.15) is 53.9 Å². The number of amides is 2. The Morgan fingerprint density at radius 3 is 2.35 bits per heavy atom. The van der Waals surface area contributed by atoms with Gasteiger partial charge in [-0.15, -0.1) is 0 Å². The fourth-order valence-corrected chi connectivity index (χ4v) is 3.87. The second kappa shape index (κ2) is 11.5. The zero-order valence-corrected chi connectivity index (χ0v) is 17.5. The van der Waals surface area contributed by atoms with E-state index in [9.17, 15) is 9.59 Å². The lowest BCUT2D eigenvalue weighted by Gasteiger charge is -2.40. The SMILES string of the molecule is CCNC(=O)C(CC(=O)NCCN1CCNCC1)C(C)(CC)C(C)CC. The van der Waals surface area contributed by atoms with Crippen LogP contribution in [-0.4, -0.2) is 62.5 Å². The van der Waals surface area contributed by atoms with Crippen molar-refractivity contribution in [3.63, 3.8) is 0 Å². The molecule has 152 valence electrons. The lowest BCUT2D eigenvalue weighted by molar-refractivity contribution is -0.136. The van der Waals surface area contributed by atoms with Crippen molar-refractivity contribution in [2.75, 3.05) is 45.8 Å². The van der Waals surface area contributed by atoms with E-state index >= 15 is 0 Å². The molecule has 0 aliphatic carbocycles. The Kier molecular flexibility index (Phi) is 10.2. The molecule has 1 fully saturated rings. The Balaban J connectivity index is 2.65. The molecule has 1 rings (SSSR count). The van der Waals surface area contributed by atoms with Gasteiger partial charge in [-0.2, -0.15) is 0 Å². The number of rotatable bonds is 11. The zero-order chi connectivity index (χ0) is 19.6. The van der Waals surface area contributed by atoms with Gasteiger partial charge >= 0.3 is 0 Å². The predicted octanol–water partition coefficient (Wildman–Crippen LogP) is 1.61. The van der Waals surface area contributed by atoms with Gasteiger partial charge in [-0.1, -0.05) is 34.1 Å². The van der Waals surface area contributed by atoms with Crippen molar-refractivity contribution >= 4 is 11.8 Å². The summed E-state index contributed by atoms with van der Waals surface area (Å²) in [5, 5.41) is 9.30. The molecule has 1 aliphatic heterocycles. The summed E-state index contributed by atoms with van der Waals surface area (Å²) >= 11 is 0. The van der Waals surface area contributed by atoms with Crippen molar-refractivity contribution in [3.8, 4) is 0 Å². The molecule has 0 aromatic rings. The molecule has 0 spiro atoms. The van der Waals surface area contributed by atoms with Gasteiger partial charge in [0.1, 0.15) is 0 Å². The van der Waals surface area contributed by atoms with E-state index in [1.807, 2.05) is 6.92 Å². The van der Waals surface area contributed by atoms with Gasteiger partial charge in [0.15, 0.2) is 0 Å². The zero-order valence-electron chi connectivity index (χ0n) is 17.5. The van der Waals surface area contributed by atoms with Crippen LogP contribution in [0, 0.1) is 17.3 Å². The molecule has 3 N–H and O–H groups in total. The maximum atomic E-state index is 12.7. The minimum Gasteiger partial charge on any atom is -0.356 e. The minimum absolute atomic E-state index is 0.00871. The molecule has 1 saturated heterocycles. The second-order valence-corrected chi connectivity index (χ2v) is 7.76. The second-order valence-electron chi connectivity index (χ2n) is 7.76. The van der Waals surface area contributed by atoms with Gasteiger partial charge in [-0.25, -0.2) is 0 Å². The van der Waals surface area contributed by atoms with Gasteiger partial charge in [0.2, 0.25) is 11.8 Å². The first kappa shape index (κ1) is 22.9. The van der Waals surface area contributed by atoms with Crippen LogP contribution in [0.25, 0.3) is 0 Å². The van der Waals surface area contributed by atoms with Gasteiger partial charge in [-0.3, -0.25) is 14.5 Å². The highest BCUT2D eigenvalue weighted by atomic mass is 16.2. The molecule has 0 bridgehead atoms. The Hall–Kier alpha value is -1.14. The topological polar surface area (TPSA) is 73.5 Å². The van der Waals surface area contributed by atoms with Crippen LogP contribution in [0.15, 0.2) is 0 Å². The molecule has 0 aromatic heterocycles. The monoisotopic (exact) mass is 368 g/mol.